The van der Waals surface area contributed by atoms with E-state index in [9.17, 15) is 4.79 Å². The standard InChI is InChI=1S/C32H37N3O2/c1-32(2,3)26-16-18-27(19-17-26)37-24-10-9-23-35-29-14-8-7-13-28(29)34-30(35)21-22-33-31(36)20-15-25-11-5-4-6-12-25/h4-8,11-20H,9-10,21-24H2,1-3H3,(H,33,36)/b20-15+. The lowest BCUT2D eigenvalue weighted by molar-refractivity contribution is -0.116. The summed E-state index contributed by atoms with van der Waals surface area (Å²) in [5.74, 6) is 1.81. The minimum absolute atomic E-state index is 0.0980. The number of para-hydroxylation sites is 2. The summed E-state index contributed by atoms with van der Waals surface area (Å²) in [7, 11) is 0. The van der Waals surface area contributed by atoms with Crippen molar-refractivity contribution in [2.45, 2.75) is 52.0 Å². The molecule has 4 rings (SSSR count). The number of ether oxygens (including phenoxy) is 1. The summed E-state index contributed by atoms with van der Waals surface area (Å²) < 4.78 is 8.26. The normalized spacial score (nSPS) is 11.8. The summed E-state index contributed by atoms with van der Waals surface area (Å²) in [4.78, 5) is 17.1. The van der Waals surface area contributed by atoms with E-state index in [0.29, 0.717) is 19.6 Å². The SMILES string of the molecule is CC(C)(C)c1ccc(OCCCCn2c(CCNC(=O)/C=C/c3ccccc3)nc3ccccc32)cc1. The Balaban J connectivity index is 1.28. The van der Waals surface area contributed by atoms with Crippen molar-refractivity contribution in [3.8, 4) is 5.75 Å². The molecule has 192 valence electrons. The van der Waals surface area contributed by atoms with E-state index in [1.807, 2.05) is 54.6 Å². The van der Waals surface area contributed by atoms with Crippen LogP contribution in [0.1, 0.15) is 50.6 Å². The molecule has 0 saturated heterocycles. The Kier molecular flexibility index (Phi) is 8.78. The molecule has 1 aromatic heterocycles. The number of hydrogen-bond acceptors (Lipinski definition) is 3. The van der Waals surface area contributed by atoms with Crippen LogP contribution in [-0.4, -0.2) is 28.6 Å². The first kappa shape index (κ1) is 26.2. The summed E-state index contributed by atoms with van der Waals surface area (Å²) in [5, 5.41) is 2.98. The maximum absolute atomic E-state index is 12.3. The van der Waals surface area contributed by atoms with E-state index >= 15 is 0 Å². The fourth-order valence-electron chi connectivity index (χ4n) is 4.27. The topological polar surface area (TPSA) is 56.1 Å². The quantitative estimate of drug-likeness (QED) is 0.189. The number of fused-ring (bicyclic) bond motifs is 1. The van der Waals surface area contributed by atoms with Gasteiger partial charge in [0, 0.05) is 25.6 Å². The van der Waals surface area contributed by atoms with Crippen LogP contribution in [0.3, 0.4) is 0 Å². The first-order valence-electron chi connectivity index (χ1n) is 13.1. The Labute approximate surface area is 220 Å². The third kappa shape index (κ3) is 7.56. The molecule has 4 aromatic rings. The second kappa shape index (κ2) is 12.4. The third-order valence-corrected chi connectivity index (χ3v) is 6.37. The molecule has 0 bridgehead atoms. The van der Waals surface area contributed by atoms with Gasteiger partial charge < -0.3 is 14.6 Å². The molecule has 5 nitrogen and oxygen atoms in total. The van der Waals surface area contributed by atoms with Crippen molar-refractivity contribution in [2.75, 3.05) is 13.2 Å². The number of imidazole rings is 1. The molecule has 0 unspecified atom stereocenters. The second-order valence-electron chi connectivity index (χ2n) is 10.3. The highest BCUT2D eigenvalue weighted by Crippen LogP contribution is 2.24. The molecule has 0 aliphatic carbocycles. The van der Waals surface area contributed by atoms with Gasteiger partial charge in [-0.2, -0.15) is 0 Å². The predicted octanol–water partition coefficient (Wildman–Crippen LogP) is 6.57. The minimum Gasteiger partial charge on any atom is -0.494 e. The Morgan fingerprint density at radius 3 is 2.43 bits per heavy atom. The minimum atomic E-state index is -0.0980. The van der Waals surface area contributed by atoms with Gasteiger partial charge in [-0.05, 0) is 59.7 Å². The van der Waals surface area contributed by atoms with Gasteiger partial charge in [0.2, 0.25) is 5.91 Å². The van der Waals surface area contributed by atoms with Gasteiger partial charge in [-0.3, -0.25) is 4.79 Å². The molecule has 0 radical (unpaired) electrons. The highest BCUT2D eigenvalue weighted by Gasteiger charge is 2.13. The number of hydrogen-bond donors (Lipinski definition) is 1. The molecule has 0 aliphatic heterocycles. The molecule has 3 aromatic carbocycles. The molecule has 0 atom stereocenters. The monoisotopic (exact) mass is 495 g/mol. The maximum atomic E-state index is 12.3. The first-order chi connectivity index (χ1) is 17.9. The van der Waals surface area contributed by atoms with E-state index in [2.05, 4.69) is 61.0 Å². The van der Waals surface area contributed by atoms with Gasteiger partial charge >= 0.3 is 0 Å². The Morgan fingerprint density at radius 1 is 0.946 bits per heavy atom. The summed E-state index contributed by atoms with van der Waals surface area (Å²) in [5.41, 5.74) is 4.58. The van der Waals surface area contributed by atoms with Crippen molar-refractivity contribution < 1.29 is 9.53 Å². The lowest BCUT2D eigenvalue weighted by Crippen LogP contribution is -2.24. The molecule has 37 heavy (non-hydrogen) atoms. The van der Waals surface area contributed by atoms with Gasteiger partial charge in [0.05, 0.1) is 17.6 Å². The number of carbonyl (C=O) groups is 1. The summed E-state index contributed by atoms with van der Waals surface area (Å²) >= 11 is 0. The van der Waals surface area contributed by atoms with Crippen molar-refractivity contribution >= 4 is 23.0 Å². The summed E-state index contributed by atoms with van der Waals surface area (Å²) in [6.07, 6.45) is 6.02. The van der Waals surface area contributed by atoms with Crippen LogP contribution < -0.4 is 10.1 Å². The molecule has 1 amide bonds. The van der Waals surface area contributed by atoms with Crippen LogP contribution in [0.4, 0.5) is 0 Å². The van der Waals surface area contributed by atoms with Gasteiger partial charge in [0.15, 0.2) is 0 Å². The highest BCUT2D eigenvalue weighted by molar-refractivity contribution is 5.91. The molecule has 0 fully saturated rings. The molecule has 1 N–H and O–H groups in total. The number of aromatic nitrogens is 2. The van der Waals surface area contributed by atoms with Gasteiger partial charge in [-0.15, -0.1) is 0 Å². The smallest absolute Gasteiger partial charge is 0.244 e. The van der Waals surface area contributed by atoms with Crippen molar-refractivity contribution in [1.29, 1.82) is 0 Å². The molecule has 5 heteroatoms. The fraction of sp³-hybridized carbons (Fsp3) is 0.312. The second-order valence-corrected chi connectivity index (χ2v) is 10.3. The molecule has 1 heterocycles. The maximum Gasteiger partial charge on any atom is 0.244 e. The number of aryl methyl sites for hydroxylation is 1. The molecule has 0 saturated carbocycles. The van der Waals surface area contributed by atoms with Gasteiger partial charge in [0.25, 0.3) is 0 Å². The lowest BCUT2D eigenvalue weighted by Gasteiger charge is -2.19. The average molecular weight is 496 g/mol. The van der Waals surface area contributed by atoms with E-state index in [1.54, 1.807) is 6.08 Å². The number of benzene rings is 3. The number of amides is 1. The third-order valence-electron chi connectivity index (χ3n) is 6.37. The number of carbonyl (C=O) groups excluding carboxylic acids is 1. The van der Waals surface area contributed by atoms with E-state index in [4.69, 9.17) is 9.72 Å². The number of nitrogens with zero attached hydrogens (tertiary/aromatic N) is 2. The zero-order valence-electron chi connectivity index (χ0n) is 22.1. The van der Waals surface area contributed by atoms with Crippen molar-refractivity contribution in [2.24, 2.45) is 0 Å². The Bertz CT molecular complexity index is 1320. The average Bonchev–Trinajstić information content (AvgIpc) is 3.25. The molecule has 0 aliphatic rings. The van der Waals surface area contributed by atoms with Crippen LogP contribution in [0.15, 0.2) is 84.9 Å². The van der Waals surface area contributed by atoms with E-state index < -0.39 is 0 Å². The van der Waals surface area contributed by atoms with E-state index in [1.165, 1.54) is 5.56 Å². The zero-order chi connectivity index (χ0) is 26.1. The number of rotatable bonds is 11. The van der Waals surface area contributed by atoms with Crippen LogP contribution >= 0.6 is 0 Å². The van der Waals surface area contributed by atoms with Crippen molar-refractivity contribution in [1.82, 2.24) is 14.9 Å². The Morgan fingerprint density at radius 2 is 1.68 bits per heavy atom. The van der Waals surface area contributed by atoms with Crippen LogP contribution in [0, 0.1) is 0 Å². The number of unbranched alkanes of at least 4 members (excludes halogenated alkanes) is 1. The van der Waals surface area contributed by atoms with Crippen molar-refractivity contribution in [3.63, 3.8) is 0 Å². The predicted molar refractivity (Wildman–Crippen MR) is 152 cm³/mol. The first-order valence-corrected chi connectivity index (χ1v) is 13.1. The fourth-order valence-corrected chi connectivity index (χ4v) is 4.27. The van der Waals surface area contributed by atoms with Gasteiger partial charge in [0.1, 0.15) is 11.6 Å². The van der Waals surface area contributed by atoms with Crippen LogP contribution in [0.25, 0.3) is 17.1 Å². The van der Waals surface area contributed by atoms with Crippen molar-refractivity contribution in [3.05, 3.63) is 102 Å². The molecule has 0 spiro atoms. The largest absolute Gasteiger partial charge is 0.494 e. The highest BCUT2D eigenvalue weighted by atomic mass is 16.5. The van der Waals surface area contributed by atoms with Gasteiger partial charge in [-0.25, -0.2) is 4.98 Å². The molecular weight excluding hydrogens is 458 g/mol. The van der Waals surface area contributed by atoms with E-state index in [-0.39, 0.29) is 11.3 Å². The van der Waals surface area contributed by atoms with E-state index in [0.717, 1.165) is 47.6 Å². The zero-order valence-corrected chi connectivity index (χ0v) is 22.1. The van der Waals surface area contributed by atoms with Gasteiger partial charge in [-0.1, -0.05) is 75.4 Å². The number of nitrogens with one attached hydrogen (secondary N) is 1. The molecular formula is C32H37N3O2. The summed E-state index contributed by atoms with van der Waals surface area (Å²) in [6, 6.07) is 26.4. The Hall–Kier alpha value is -3.86. The summed E-state index contributed by atoms with van der Waals surface area (Å²) in [6.45, 7) is 8.73. The van der Waals surface area contributed by atoms with Crippen LogP contribution in [0.5, 0.6) is 5.75 Å². The van der Waals surface area contributed by atoms with Crippen LogP contribution in [-0.2, 0) is 23.2 Å². The lowest BCUT2D eigenvalue weighted by atomic mass is 9.87. The van der Waals surface area contributed by atoms with Crippen LogP contribution in [0.2, 0.25) is 0 Å².